The van der Waals surface area contributed by atoms with Crippen molar-refractivity contribution in [2.24, 2.45) is 5.92 Å². The zero-order valence-electron chi connectivity index (χ0n) is 9.20. The van der Waals surface area contributed by atoms with E-state index in [1.165, 1.54) is 12.0 Å². The summed E-state index contributed by atoms with van der Waals surface area (Å²) in [5, 5.41) is 6.42. The number of benzene rings is 1. The second kappa shape index (κ2) is 3.91. The van der Waals surface area contributed by atoms with Crippen molar-refractivity contribution >= 4 is 11.6 Å². The zero-order chi connectivity index (χ0) is 11.0. The van der Waals surface area contributed by atoms with E-state index in [2.05, 4.69) is 16.7 Å². The predicted molar refractivity (Wildman–Crippen MR) is 63.3 cm³/mol. The molecule has 1 heterocycles. The minimum Gasteiger partial charge on any atom is -0.326 e. The molecule has 1 amide bonds. The fourth-order valence-electron chi connectivity index (χ4n) is 2.41. The highest BCUT2D eigenvalue weighted by atomic mass is 16.1. The van der Waals surface area contributed by atoms with Crippen LogP contribution in [-0.2, 0) is 11.2 Å². The quantitative estimate of drug-likeness (QED) is 0.691. The molecular weight excluding hydrogens is 200 g/mol. The van der Waals surface area contributed by atoms with Gasteiger partial charge >= 0.3 is 0 Å². The lowest BCUT2D eigenvalue weighted by Crippen LogP contribution is -2.26. The number of carbonyl (C=O) groups excluding carboxylic acids is 1. The van der Waals surface area contributed by atoms with Gasteiger partial charge in [0.1, 0.15) is 0 Å². The van der Waals surface area contributed by atoms with Crippen LogP contribution in [0, 0.1) is 5.92 Å². The molecule has 0 aromatic heterocycles. The molecule has 3 heteroatoms. The maximum Gasteiger partial charge on any atom is 0.225 e. The molecule has 0 bridgehead atoms. The first-order chi connectivity index (χ1) is 7.83. The second-order valence-corrected chi connectivity index (χ2v) is 4.72. The van der Waals surface area contributed by atoms with E-state index in [0.29, 0.717) is 12.5 Å². The molecule has 1 aromatic carbocycles. The van der Waals surface area contributed by atoms with Crippen LogP contribution in [0.4, 0.5) is 5.69 Å². The molecular formula is C13H16N2O. The van der Waals surface area contributed by atoms with Crippen molar-refractivity contribution in [3.8, 4) is 0 Å². The number of carbonyl (C=O) groups is 1. The van der Waals surface area contributed by atoms with Crippen molar-refractivity contribution in [2.45, 2.75) is 25.3 Å². The summed E-state index contributed by atoms with van der Waals surface area (Å²) in [6.45, 7) is 0.801. The van der Waals surface area contributed by atoms with Gasteiger partial charge in [0.15, 0.2) is 0 Å². The molecule has 0 saturated heterocycles. The van der Waals surface area contributed by atoms with E-state index < -0.39 is 0 Å². The summed E-state index contributed by atoms with van der Waals surface area (Å²) in [5.41, 5.74) is 2.27. The first-order valence-electron chi connectivity index (χ1n) is 5.94. The lowest BCUT2D eigenvalue weighted by atomic mass is 10.1. The van der Waals surface area contributed by atoms with E-state index >= 15 is 0 Å². The van der Waals surface area contributed by atoms with Crippen LogP contribution < -0.4 is 10.6 Å². The maximum absolute atomic E-state index is 11.6. The Kier molecular flexibility index (Phi) is 2.40. The minimum atomic E-state index is 0.110. The molecule has 1 saturated carbocycles. The Morgan fingerprint density at radius 1 is 1.25 bits per heavy atom. The van der Waals surface area contributed by atoms with E-state index in [-0.39, 0.29) is 5.91 Å². The highest BCUT2D eigenvalue weighted by Crippen LogP contribution is 2.35. The number of rotatable bonds is 0. The van der Waals surface area contributed by atoms with Crippen molar-refractivity contribution in [3.05, 3.63) is 29.8 Å². The molecule has 3 nitrogen and oxygen atoms in total. The van der Waals surface area contributed by atoms with Gasteiger partial charge in [-0.25, -0.2) is 0 Å². The van der Waals surface area contributed by atoms with Gasteiger partial charge in [0.25, 0.3) is 0 Å². The molecule has 1 fully saturated rings. The van der Waals surface area contributed by atoms with Crippen molar-refractivity contribution < 1.29 is 4.79 Å². The summed E-state index contributed by atoms with van der Waals surface area (Å²) in [6.07, 6.45) is 2.90. The molecule has 16 heavy (non-hydrogen) atoms. The standard InChI is InChI=1S/C13H16N2O/c16-13-5-6-14-12-8-10(12)7-9-3-1-2-4-11(9)15-13/h1-4,10,12,14H,5-8H2,(H,15,16). The van der Waals surface area contributed by atoms with Gasteiger partial charge in [0, 0.05) is 24.7 Å². The van der Waals surface area contributed by atoms with Crippen LogP contribution in [0.15, 0.2) is 24.3 Å². The minimum absolute atomic E-state index is 0.110. The van der Waals surface area contributed by atoms with Gasteiger partial charge in [-0.1, -0.05) is 18.2 Å². The molecule has 2 unspecified atom stereocenters. The largest absolute Gasteiger partial charge is 0.326 e. The van der Waals surface area contributed by atoms with E-state index in [9.17, 15) is 4.79 Å². The molecule has 3 rings (SSSR count). The van der Waals surface area contributed by atoms with Gasteiger partial charge in [-0.2, -0.15) is 0 Å². The molecule has 84 valence electrons. The SMILES string of the molecule is O=C1CCNC2CC2Cc2ccccc2N1. The number of fused-ring (bicyclic) bond motifs is 2. The number of amides is 1. The lowest BCUT2D eigenvalue weighted by Gasteiger charge is -2.13. The van der Waals surface area contributed by atoms with E-state index in [1.807, 2.05) is 18.2 Å². The average Bonchev–Trinajstić information content (AvgIpc) is 3.00. The third-order valence-corrected chi connectivity index (χ3v) is 3.45. The van der Waals surface area contributed by atoms with E-state index in [1.54, 1.807) is 0 Å². The molecule has 1 aliphatic carbocycles. The highest BCUT2D eigenvalue weighted by molar-refractivity contribution is 5.91. The average molecular weight is 216 g/mol. The first-order valence-corrected chi connectivity index (χ1v) is 5.94. The number of hydrogen-bond donors (Lipinski definition) is 2. The number of anilines is 1. The van der Waals surface area contributed by atoms with Gasteiger partial charge in [0.05, 0.1) is 0 Å². The van der Waals surface area contributed by atoms with Crippen LogP contribution >= 0.6 is 0 Å². The van der Waals surface area contributed by atoms with Gasteiger partial charge < -0.3 is 10.6 Å². The molecule has 1 aliphatic heterocycles. The Balaban J connectivity index is 1.88. The van der Waals surface area contributed by atoms with Gasteiger partial charge in [-0.05, 0) is 30.4 Å². The van der Waals surface area contributed by atoms with Crippen molar-refractivity contribution in [1.82, 2.24) is 5.32 Å². The van der Waals surface area contributed by atoms with Crippen LogP contribution in [0.5, 0.6) is 0 Å². The molecule has 0 radical (unpaired) electrons. The Morgan fingerprint density at radius 2 is 2.12 bits per heavy atom. The summed E-state index contributed by atoms with van der Waals surface area (Å²) in [7, 11) is 0. The molecule has 0 spiro atoms. The Bertz CT molecular complexity index is 416. The smallest absolute Gasteiger partial charge is 0.225 e. The Labute approximate surface area is 95.2 Å². The van der Waals surface area contributed by atoms with Crippen molar-refractivity contribution in [3.63, 3.8) is 0 Å². The fraction of sp³-hybridized carbons (Fsp3) is 0.462. The lowest BCUT2D eigenvalue weighted by molar-refractivity contribution is -0.116. The van der Waals surface area contributed by atoms with Crippen molar-refractivity contribution in [2.75, 3.05) is 11.9 Å². The van der Waals surface area contributed by atoms with Crippen LogP contribution in [-0.4, -0.2) is 18.5 Å². The summed E-state index contributed by atoms with van der Waals surface area (Å²) < 4.78 is 0. The topological polar surface area (TPSA) is 41.1 Å². The van der Waals surface area contributed by atoms with Crippen molar-refractivity contribution in [1.29, 1.82) is 0 Å². The van der Waals surface area contributed by atoms with Crippen LogP contribution in [0.3, 0.4) is 0 Å². The molecule has 2 atom stereocenters. The first kappa shape index (κ1) is 9.85. The van der Waals surface area contributed by atoms with Gasteiger partial charge in [-0.3, -0.25) is 4.79 Å². The van der Waals surface area contributed by atoms with Crippen LogP contribution in [0.1, 0.15) is 18.4 Å². The van der Waals surface area contributed by atoms with E-state index in [0.717, 1.165) is 24.6 Å². The monoisotopic (exact) mass is 216 g/mol. The normalized spacial score (nSPS) is 28.6. The van der Waals surface area contributed by atoms with Crippen LogP contribution in [0.25, 0.3) is 0 Å². The predicted octanol–water partition coefficient (Wildman–Crippen LogP) is 1.55. The van der Waals surface area contributed by atoms with Gasteiger partial charge in [-0.15, -0.1) is 0 Å². The Morgan fingerprint density at radius 3 is 3.06 bits per heavy atom. The number of nitrogens with one attached hydrogen (secondary N) is 2. The number of para-hydroxylation sites is 1. The third-order valence-electron chi connectivity index (χ3n) is 3.45. The van der Waals surface area contributed by atoms with Gasteiger partial charge in [0.2, 0.25) is 5.91 Å². The summed E-state index contributed by atoms with van der Waals surface area (Å²) >= 11 is 0. The Hall–Kier alpha value is -1.35. The summed E-state index contributed by atoms with van der Waals surface area (Å²) in [5.74, 6) is 0.871. The summed E-state index contributed by atoms with van der Waals surface area (Å²) in [4.78, 5) is 11.6. The maximum atomic E-state index is 11.6. The second-order valence-electron chi connectivity index (χ2n) is 4.72. The van der Waals surface area contributed by atoms with E-state index in [4.69, 9.17) is 0 Å². The molecule has 2 aliphatic rings. The van der Waals surface area contributed by atoms with Crippen LogP contribution in [0.2, 0.25) is 0 Å². The zero-order valence-corrected chi connectivity index (χ0v) is 9.20. The third kappa shape index (κ3) is 1.95. The number of hydrogen-bond acceptors (Lipinski definition) is 2. The summed E-state index contributed by atoms with van der Waals surface area (Å²) in [6, 6.07) is 8.78. The molecule has 2 N–H and O–H groups in total. The highest BCUT2D eigenvalue weighted by Gasteiger charge is 2.37. The fourth-order valence-corrected chi connectivity index (χ4v) is 2.41. The molecule has 1 aromatic rings.